The molecule has 0 saturated heterocycles. The minimum atomic E-state index is -0.0733. The highest BCUT2D eigenvalue weighted by Gasteiger charge is 2.10. The molecule has 0 bridgehead atoms. The normalized spacial score (nSPS) is 12.5. The van der Waals surface area contributed by atoms with Gasteiger partial charge in [-0.05, 0) is 38.0 Å². The van der Waals surface area contributed by atoms with Crippen molar-refractivity contribution in [3.8, 4) is 0 Å². The Hall–Kier alpha value is -2.19. The summed E-state index contributed by atoms with van der Waals surface area (Å²) in [5.41, 5.74) is 12.1. The van der Waals surface area contributed by atoms with Crippen LogP contribution in [0.2, 0.25) is 0 Å². The number of rotatable bonds is 3. The molecular formula is C19H20N2. The molecule has 0 aliphatic heterocycles. The molecule has 2 nitrogen and oxygen atoms in total. The standard InChI is InChI=1S/C19H20N2/c1-13-9-14(2)11-15(10-13)12-17(20)19-8-7-16-5-3-4-6-18(16)21-19/h3-11,17H,12,20H2,1-2H3. The van der Waals surface area contributed by atoms with Crippen molar-refractivity contribution in [1.29, 1.82) is 0 Å². The van der Waals surface area contributed by atoms with Crippen LogP contribution in [0, 0.1) is 13.8 Å². The van der Waals surface area contributed by atoms with Gasteiger partial charge >= 0.3 is 0 Å². The van der Waals surface area contributed by atoms with Crippen LogP contribution in [0.5, 0.6) is 0 Å². The number of fused-ring (bicyclic) bond motifs is 1. The monoisotopic (exact) mass is 276 g/mol. The van der Waals surface area contributed by atoms with Crippen LogP contribution in [-0.2, 0) is 6.42 Å². The van der Waals surface area contributed by atoms with Crippen molar-refractivity contribution in [2.24, 2.45) is 5.73 Å². The van der Waals surface area contributed by atoms with Gasteiger partial charge in [0.05, 0.1) is 17.3 Å². The Morgan fingerprint density at radius 1 is 0.952 bits per heavy atom. The first-order chi connectivity index (χ1) is 10.1. The molecule has 1 atom stereocenters. The van der Waals surface area contributed by atoms with Crippen LogP contribution in [0.3, 0.4) is 0 Å². The maximum absolute atomic E-state index is 6.36. The van der Waals surface area contributed by atoms with Crippen molar-refractivity contribution in [3.05, 3.63) is 77.0 Å². The van der Waals surface area contributed by atoms with Gasteiger partial charge in [-0.25, -0.2) is 0 Å². The Morgan fingerprint density at radius 3 is 2.43 bits per heavy atom. The first kappa shape index (κ1) is 13.8. The Labute approximate surface area is 125 Å². The quantitative estimate of drug-likeness (QED) is 0.782. The van der Waals surface area contributed by atoms with Gasteiger partial charge in [-0.2, -0.15) is 0 Å². The van der Waals surface area contributed by atoms with Crippen LogP contribution < -0.4 is 5.73 Å². The van der Waals surface area contributed by atoms with Crippen molar-refractivity contribution < 1.29 is 0 Å². The number of pyridine rings is 1. The predicted octanol–water partition coefficient (Wildman–Crippen LogP) is 4.09. The van der Waals surface area contributed by atoms with E-state index >= 15 is 0 Å². The molecule has 0 fully saturated rings. The van der Waals surface area contributed by atoms with Crippen LogP contribution in [0.15, 0.2) is 54.6 Å². The number of para-hydroxylation sites is 1. The summed E-state index contributed by atoms with van der Waals surface area (Å²) >= 11 is 0. The second-order valence-corrected chi connectivity index (χ2v) is 5.74. The van der Waals surface area contributed by atoms with Gasteiger partial charge < -0.3 is 5.73 Å². The molecule has 0 spiro atoms. The van der Waals surface area contributed by atoms with Gasteiger partial charge in [0.2, 0.25) is 0 Å². The number of nitrogens with zero attached hydrogens (tertiary/aromatic N) is 1. The fraction of sp³-hybridized carbons (Fsp3) is 0.211. The summed E-state index contributed by atoms with van der Waals surface area (Å²) in [6.07, 6.45) is 0.813. The van der Waals surface area contributed by atoms with E-state index in [1.54, 1.807) is 0 Å². The average molecular weight is 276 g/mol. The zero-order chi connectivity index (χ0) is 14.8. The van der Waals surface area contributed by atoms with Gasteiger partial charge in [0.1, 0.15) is 0 Å². The van der Waals surface area contributed by atoms with Gasteiger partial charge in [-0.15, -0.1) is 0 Å². The van der Waals surface area contributed by atoms with Crippen LogP contribution in [0.1, 0.15) is 28.4 Å². The van der Waals surface area contributed by atoms with Gasteiger partial charge in [0.15, 0.2) is 0 Å². The maximum atomic E-state index is 6.36. The highest BCUT2D eigenvalue weighted by Crippen LogP contribution is 2.19. The van der Waals surface area contributed by atoms with E-state index in [2.05, 4.69) is 44.2 Å². The molecule has 0 amide bonds. The third-order valence-electron chi connectivity index (χ3n) is 3.74. The largest absolute Gasteiger partial charge is 0.322 e. The summed E-state index contributed by atoms with van der Waals surface area (Å²) in [7, 11) is 0. The van der Waals surface area contributed by atoms with Crippen molar-refractivity contribution in [2.75, 3.05) is 0 Å². The minimum Gasteiger partial charge on any atom is -0.322 e. The molecule has 0 aliphatic carbocycles. The van der Waals surface area contributed by atoms with E-state index in [-0.39, 0.29) is 6.04 Å². The maximum Gasteiger partial charge on any atom is 0.0706 e. The van der Waals surface area contributed by atoms with Crippen LogP contribution in [-0.4, -0.2) is 4.98 Å². The van der Waals surface area contributed by atoms with E-state index in [1.165, 1.54) is 16.7 Å². The van der Waals surface area contributed by atoms with Crippen LogP contribution in [0.4, 0.5) is 0 Å². The molecule has 2 N–H and O–H groups in total. The van der Waals surface area contributed by atoms with Gasteiger partial charge in [-0.1, -0.05) is 53.6 Å². The molecule has 2 aromatic carbocycles. The number of aryl methyl sites for hydroxylation is 2. The molecule has 1 aromatic heterocycles. The zero-order valence-corrected chi connectivity index (χ0v) is 12.5. The summed E-state index contributed by atoms with van der Waals surface area (Å²) in [6.45, 7) is 4.24. The second-order valence-electron chi connectivity index (χ2n) is 5.74. The molecule has 0 radical (unpaired) electrons. The minimum absolute atomic E-state index is 0.0733. The van der Waals surface area contributed by atoms with Gasteiger partial charge in [0.25, 0.3) is 0 Å². The van der Waals surface area contributed by atoms with E-state index in [9.17, 15) is 0 Å². The Kier molecular flexibility index (Phi) is 3.72. The molecule has 106 valence electrons. The van der Waals surface area contributed by atoms with Crippen molar-refractivity contribution >= 4 is 10.9 Å². The third kappa shape index (κ3) is 3.11. The smallest absolute Gasteiger partial charge is 0.0706 e. The Bertz CT molecular complexity index is 757. The average Bonchev–Trinajstić information content (AvgIpc) is 2.45. The summed E-state index contributed by atoms with van der Waals surface area (Å²) < 4.78 is 0. The van der Waals surface area contributed by atoms with Crippen molar-refractivity contribution in [2.45, 2.75) is 26.3 Å². The van der Waals surface area contributed by atoms with Crippen molar-refractivity contribution in [1.82, 2.24) is 4.98 Å². The topological polar surface area (TPSA) is 38.9 Å². The van der Waals surface area contributed by atoms with E-state index in [1.807, 2.05) is 24.3 Å². The lowest BCUT2D eigenvalue weighted by Gasteiger charge is -2.13. The van der Waals surface area contributed by atoms with E-state index < -0.39 is 0 Å². The molecule has 0 saturated carbocycles. The van der Waals surface area contributed by atoms with E-state index in [0.717, 1.165) is 23.0 Å². The molecule has 3 aromatic rings. The van der Waals surface area contributed by atoms with Crippen LogP contribution in [0.25, 0.3) is 10.9 Å². The molecule has 2 heteroatoms. The molecule has 1 unspecified atom stereocenters. The fourth-order valence-electron chi connectivity index (χ4n) is 2.83. The number of benzene rings is 2. The molecule has 0 aliphatic rings. The number of nitrogens with two attached hydrogens (primary N) is 1. The molecule has 3 rings (SSSR count). The zero-order valence-electron chi connectivity index (χ0n) is 12.5. The highest BCUT2D eigenvalue weighted by molar-refractivity contribution is 5.78. The SMILES string of the molecule is Cc1cc(C)cc(CC(N)c2ccc3ccccc3n2)c1. The summed E-state index contributed by atoms with van der Waals surface area (Å²) in [5, 5.41) is 1.15. The van der Waals surface area contributed by atoms with Gasteiger partial charge in [0, 0.05) is 5.39 Å². The first-order valence-electron chi connectivity index (χ1n) is 7.30. The first-order valence-corrected chi connectivity index (χ1v) is 7.30. The highest BCUT2D eigenvalue weighted by atomic mass is 14.8. The molecule has 21 heavy (non-hydrogen) atoms. The Morgan fingerprint density at radius 2 is 1.67 bits per heavy atom. The second kappa shape index (κ2) is 5.66. The van der Waals surface area contributed by atoms with Gasteiger partial charge in [-0.3, -0.25) is 4.98 Å². The molecule has 1 heterocycles. The third-order valence-corrected chi connectivity index (χ3v) is 3.74. The van der Waals surface area contributed by atoms with E-state index in [4.69, 9.17) is 10.7 Å². The Balaban J connectivity index is 1.87. The number of aromatic nitrogens is 1. The van der Waals surface area contributed by atoms with Crippen molar-refractivity contribution in [3.63, 3.8) is 0 Å². The number of hydrogen-bond acceptors (Lipinski definition) is 2. The summed E-state index contributed by atoms with van der Waals surface area (Å²) in [4.78, 5) is 4.69. The lowest BCUT2D eigenvalue weighted by molar-refractivity contribution is 0.699. The number of hydrogen-bond donors (Lipinski definition) is 1. The predicted molar refractivity (Wildman–Crippen MR) is 88.3 cm³/mol. The summed E-state index contributed by atoms with van der Waals surface area (Å²) in [5.74, 6) is 0. The fourth-order valence-corrected chi connectivity index (χ4v) is 2.83. The molecular weight excluding hydrogens is 256 g/mol. The van der Waals surface area contributed by atoms with Crippen LogP contribution >= 0.6 is 0 Å². The van der Waals surface area contributed by atoms with E-state index in [0.29, 0.717) is 0 Å². The lowest BCUT2D eigenvalue weighted by atomic mass is 9.99. The summed E-state index contributed by atoms with van der Waals surface area (Å²) in [6, 6.07) is 18.8. The lowest BCUT2D eigenvalue weighted by Crippen LogP contribution is -2.15.